The fourth-order valence-corrected chi connectivity index (χ4v) is 1.53. The van der Waals surface area contributed by atoms with E-state index in [0.29, 0.717) is 6.07 Å². The van der Waals surface area contributed by atoms with Gasteiger partial charge in [0.15, 0.2) is 0 Å². The van der Waals surface area contributed by atoms with Crippen molar-refractivity contribution in [2.45, 2.75) is 6.18 Å². The quantitative estimate of drug-likeness (QED) is 0.800. The molecule has 2 rings (SSSR count). The van der Waals surface area contributed by atoms with Crippen LogP contribution in [0.2, 0.25) is 0 Å². The minimum absolute atomic E-state index is 0.127. The summed E-state index contributed by atoms with van der Waals surface area (Å²) in [5.41, 5.74) is -2.64. The standard InChI is InChI=1S/C11H5F4NO2/c12-6-3-1-5-2-4-7(11(13,14)15)16-9(5)8(6)10(17)18/h1-4H,(H,17,18). The smallest absolute Gasteiger partial charge is 0.433 e. The van der Waals surface area contributed by atoms with Gasteiger partial charge in [0.05, 0.1) is 5.52 Å². The van der Waals surface area contributed by atoms with E-state index in [9.17, 15) is 22.4 Å². The molecule has 1 aromatic heterocycles. The van der Waals surface area contributed by atoms with Gasteiger partial charge in [0, 0.05) is 5.39 Å². The van der Waals surface area contributed by atoms with Gasteiger partial charge >= 0.3 is 12.1 Å². The van der Waals surface area contributed by atoms with Gasteiger partial charge in [-0.05, 0) is 18.2 Å². The summed E-state index contributed by atoms with van der Waals surface area (Å²) in [6.45, 7) is 0. The lowest BCUT2D eigenvalue weighted by atomic mass is 10.1. The second kappa shape index (κ2) is 3.94. The van der Waals surface area contributed by atoms with E-state index >= 15 is 0 Å². The molecule has 18 heavy (non-hydrogen) atoms. The molecule has 0 aliphatic carbocycles. The number of rotatable bonds is 1. The first kappa shape index (κ1) is 12.3. The van der Waals surface area contributed by atoms with Crippen LogP contribution in [-0.4, -0.2) is 16.1 Å². The Bertz CT molecular complexity index is 637. The lowest BCUT2D eigenvalue weighted by Gasteiger charge is -2.08. The average molecular weight is 259 g/mol. The first-order valence-corrected chi connectivity index (χ1v) is 4.70. The van der Waals surface area contributed by atoms with Crippen molar-refractivity contribution in [3.05, 3.63) is 41.3 Å². The number of fused-ring (bicyclic) bond motifs is 1. The zero-order valence-electron chi connectivity index (χ0n) is 8.62. The zero-order valence-corrected chi connectivity index (χ0v) is 8.62. The largest absolute Gasteiger partial charge is 0.478 e. The Morgan fingerprint density at radius 3 is 2.33 bits per heavy atom. The second-order valence-electron chi connectivity index (χ2n) is 3.49. The molecule has 94 valence electrons. The Morgan fingerprint density at radius 1 is 1.17 bits per heavy atom. The number of alkyl halides is 3. The maximum absolute atomic E-state index is 13.3. The van der Waals surface area contributed by atoms with E-state index in [-0.39, 0.29) is 5.39 Å². The summed E-state index contributed by atoms with van der Waals surface area (Å²) in [4.78, 5) is 14.0. The zero-order chi connectivity index (χ0) is 13.5. The van der Waals surface area contributed by atoms with E-state index in [2.05, 4.69) is 4.98 Å². The van der Waals surface area contributed by atoms with Crippen LogP contribution >= 0.6 is 0 Å². The Hall–Kier alpha value is -2.18. The van der Waals surface area contributed by atoms with Crippen molar-refractivity contribution in [2.75, 3.05) is 0 Å². The number of benzene rings is 1. The van der Waals surface area contributed by atoms with Gasteiger partial charge in [-0.1, -0.05) is 6.07 Å². The van der Waals surface area contributed by atoms with Crippen molar-refractivity contribution in [1.29, 1.82) is 0 Å². The predicted octanol–water partition coefficient (Wildman–Crippen LogP) is 3.09. The van der Waals surface area contributed by atoms with Gasteiger partial charge in [-0.25, -0.2) is 14.2 Å². The average Bonchev–Trinajstić information content (AvgIpc) is 2.26. The van der Waals surface area contributed by atoms with Gasteiger partial charge < -0.3 is 5.11 Å². The number of hydrogen-bond donors (Lipinski definition) is 1. The van der Waals surface area contributed by atoms with E-state index < -0.39 is 34.7 Å². The first-order chi connectivity index (χ1) is 8.30. The van der Waals surface area contributed by atoms with E-state index in [1.54, 1.807) is 0 Å². The van der Waals surface area contributed by atoms with E-state index in [0.717, 1.165) is 12.1 Å². The lowest BCUT2D eigenvalue weighted by molar-refractivity contribution is -0.140. The van der Waals surface area contributed by atoms with Crippen molar-refractivity contribution >= 4 is 16.9 Å². The van der Waals surface area contributed by atoms with Crippen molar-refractivity contribution in [3.63, 3.8) is 0 Å². The first-order valence-electron chi connectivity index (χ1n) is 4.70. The van der Waals surface area contributed by atoms with Crippen molar-refractivity contribution in [3.8, 4) is 0 Å². The minimum atomic E-state index is -4.71. The molecular weight excluding hydrogens is 254 g/mol. The molecule has 1 aromatic carbocycles. The van der Waals surface area contributed by atoms with Crippen LogP contribution in [0.25, 0.3) is 10.9 Å². The topological polar surface area (TPSA) is 50.2 Å². The molecule has 1 N–H and O–H groups in total. The third-order valence-corrected chi connectivity index (χ3v) is 2.32. The SMILES string of the molecule is O=C(O)c1c(F)ccc2ccc(C(F)(F)F)nc12. The molecule has 0 aliphatic rings. The van der Waals surface area contributed by atoms with Crippen LogP contribution in [0.4, 0.5) is 17.6 Å². The lowest BCUT2D eigenvalue weighted by Crippen LogP contribution is -2.10. The molecule has 0 radical (unpaired) electrons. The summed E-state index contributed by atoms with van der Waals surface area (Å²) in [5.74, 6) is -2.79. The molecule has 2 aromatic rings. The fourth-order valence-electron chi connectivity index (χ4n) is 1.53. The number of carboxylic acids is 1. The van der Waals surface area contributed by atoms with Gasteiger partial charge in [0.25, 0.3) is 0 Å². The highest BCUT2D eigenvalue weighted by atomic mass is 19.4. The molecule has 7 heteroatoms. The van der Waals surface area contributed by atoms with Crippen LogP contribution in [0.3, 0.4) is 0 Å². The molecule has 0 amide bonds. The Kier molecular flexibility index (Phi) is 2.68. The molecular formula is C11H5F4NO2. The highest BCUT2D eigenvalue weighted by Gasteiger charge is 2.33. The molecule has 0 atom stereocenters. The molecule has 0 saturated carbocycles. The van der Waals surface area contributed by atoms with Crippen LogP contribution in [-0.2, 0) is 6.18 Å². The molecule has 0 unspecified atom stereocenters. The number of nitrogens with zero attached hydrogens (tertiary/aromatic N) is 1. The summed E-state index contributed by atoms with van der Waals surface area (Å²) >= 11 is 0. The third-order valence-electron chi connectivity index (χ3n) is 2.32. The molecule has 0 bridgehead atoms. The van der Waals surface area contributed by atoms with Gasteiger partial charge in [-0.2, -0.15) is 13.2 Å². The predicted molar refractivity (Wildman–Crippen MR) is 53.7 cm³/mol. The van der Waals surface area contributed by atoms with Crippen LogP contribution in [0, 0.1) is 5.82 Å². The maximum atomic E-state index is 13.3. The molecule has 0 saturated heterocycles. The number of hydrogen-bond acceptors (Lipinski definition) is 2. The summed E-state index contributed by atoms with van der Waals surface area (Å²) in [7, 11) is 0. The molecule has 0 aliphatic heterocycles. The monoisotopic (exact) mass is 259 g/mol. The Labute approximate surface area is 97.7 Å². The van der Waals surface area contributed by atoms with Gasteiger partial charge in [0.1, 0.15) is 17.1 Å². The molecule has 3 nitrogen and oxygen atoms in total. The van der Waals surface area contributed by atoms with Crippen LogP contribution in [0.5, 0.6) is 0 Å². The number of carbonyl (C=O) groups is 1. The van der Waals surface area contributed by atoms with Crippen LogP contribution < -0.4 is 0 Å². The minimum Gasteiger partial charge on any atom is -0.478 e. The summed E-state index contributed by atoms with van der Waals surface area (Å²) < 4.78 is 50.6. The number of pyridine rings is 1. The van der Waals surface area contributed by atoms with E-state index in [4.69, 9.17) is 5.11 Å². The number of carboxylic acid groups (broad SMARTS) is 1. The third kappa shape index (κ3) is 1.99. The summed E-state index contributed by atoms with van der Waals surface area (Å²) in [6, 6.07) is 3.81. The van der Waals surface area contributed by atoms with Gasteiger partial charge in [0.2, 0.25) is 0 Å². The van der Waals surface area contributed by atoms with Gasteiger partial charge in [-0.15, -0.1) is 0 Å². The van der Waals surface area contributed by atoms with E-state index in [1.165, 1.54) is 6.07 Å². The highest BCUT2D eigenvalue weighted by molar-refractivity contribution is 6.02. The molecule has 1 heterocycles. The normalized spacial score (nSPS) is 11.8. The summed E-state index contributed by atoms with van der Waals surface area (Å²) in [6.07, 6.45) is -4.71. The van der Waals surface area contributed by atoms with Crippen LogP contribution in [0.1, 0.15) is 16.1 Å². The second-order valence-corrected chi connectivity index (χ2v) is 3.49. The summed E-state index contributed by atoms with van der Waals surface area (Å²) in [5, 5.41) is 8.92. The van der Waals surface area contributed by atoms with Crippen molar-refractivity contribution in [1.82, 2.24) is 4.98 Å². The van der Waals surface area contributed by atoms with Crippen molar-refractivity contribution in [2.24, 2.45) is 0 Å². The Morgan fingerprint density at radius 2 is 1.78 bits per heavy atom. The van der Waals surface area contributed by atoms with Crippen LogP contribution in [0.15, 0.2) is 24.3 Å². The fraction of sp³-hybridized carbons (Fsp3) is 0.0909. The van der Waals surface area contributed by atoms with E-state index in [1.807, 2.05) is 0 Å². The Balaban J connectivity index is 2.82. The van der Waals surface area contributed by atoms with Gasteiger partial charge in [-0.3, -0.25) is 0 Å². The number of aromatic carboxylic acids is 1. The maximum Gasteiger partial charge on any atom is 0.433 e. The molecule has 0 spiro atoms. The number of halogens is 4. The highest BCUT2D eigenvalue weighted by Crippen LogP contribution is 2.30. The molecule has 0 fully saturated rings. The number of aromatic nitrogens is 1. The van der Waals surface area contributed by atoms with Crippen molar-refractivity contribution < 1.29 is 27.5 Å².